The Morgan fingerprint density at radius 2 is 1.77 bits per heavy atom. The number of halogens is 1. The van der Waals surface area contributed by atoms with E-state index in [0.29, 0.717) is 11.4 Å². The Bertz CT molecular complexity index is 770. The fraction of sp³-hybridized carbons (Fsp3) is 0.188. The van der Waals surface area contributed by atoms with Gasteiger partial charge in [0.05, 0.1) is 12.7 Å². The van der Waals surface area contributed by atoms with Gasteiger partial charge in [0.15, 0.2) is 0 Å². The lowest BCUT2D eigenvalue weighted by Crippen LogP contribution is -2.12. The molecule has 0 radical (unpaired) electrons. The molecule has 6 heteroatoms. The summed E-state index contributed by atoms with van der Waals surface area (Å²) < 4.78 is 26.2. The van der Waals surface area contributed by atoms with Crippen LogP contribution in [0.3, 0.4) is 0 Å². The van der Waals surface area contributed by atoms with Gasteiger partial charge in [0.25, 0.3) is 0 Å². The Labute approximate surface area is 134 Å². The Balaban J connectivity index is 2.23. The lowest BCUT2D eigenvalue weighted by molar-refractivity contribution is -0.133. The molecule has 22 heavy (non-hydrogen) atoms. The molecule has 0 bridgehead atoms. The molecule has 116 valence electrons. The molecule has 0 unspecified atom stereocenters. The van der Waals surface area contributed by atoms with E-state index in [9.17, 15) is 13.2 Å². The van der Waals surface area contributed by atoms with Gasteiger partial charge in [-0.05, 0) is 29.2 Å². The van der Waals surface area contributed by atoms with E-state index in [1.807, 2.05) is 42.5 Å². The molecular weight excluding hydrogens is 324 g/mol. The number of carbonyl (C=O) groups excluding carboxylic acids is 1. The molecule has 0 aliphatic heterocycles. The second kappa shape index (κ2) is 6.94. The minimum Gasteiger partial charge on any atom is -0.346 e. The third kappa shape index (κ3) is 4.58. The highest BCUT2D eigenvalue weighted by molar-refractivity contribution is 7.86. The van der Waals surface area contributed by atoms with E-state index in [1.165, 1.54) is 0 Å². The predicted molar refractivity (Wildman–Crippen MR) is 86.1 cm³/mol. The van der Waals surface area contributed by atoms with E-state index in [2.05, 4.69) is 4.18 Å². The first-order chi connectivity index (χ1) is 10.4. The fourth-order valence-corrected chi connectivity index (χ4v) is 2.83. The smallest absolute Gasteiger partial charge is 0.322 e. The maximum Gasteiger partial charge on any atom is 0.322 e. The summed E-state index contributed by atoms with van der Waals surface area (Å²) in [5.74, 6) is -0.790. The lowest BCUT2D eigenvalue weighted by Gasteiger charge is -2.11. The van der Waals surface area contributed by atoms with Crippen molar-refractivity contribution in [2.75, 3.05) is 6.26 Å². The summed E-state index contributed by atoms with van der Waals surface area (Å²) in [7, 11) is -3.78. The minimum absolute atomic E-state index is 0.0589. The lowest BCUT2D eigenvalue weighted by atomic mass is 9.97. The molecule has 0 spiro atoms. The fourth-order valence-electron chi connectivity index (χ4n) is 2.14. The van der Waals surface area contributed by atoms with Crippen LogP contribution in [-0.2, 0) is 25.5 Å². The van der Waals surface area contributed by atoms with E-state index < -0.39 is 16.1 Å². The highest BCUT2D eigenvalue weighted by atomic mass is 35.5. The maximum atomic E-state index is 11.5. The molecule has 0 fully saturated rings. The summed E-state index contributed by atoms with van der Waals surface area (Å²) in [6.45, 7) is 0. The van der Waals surface area contributed by atoms with Crippen molar-refractivity contribution in [3.05, 3.63) is 59.1 Å². The average Bonchev–Trinajstić information content (AvgIpc) is 2.45. The topological polar surface area (TPSA) is 60.4 Å². The number of hydrogen-bond acceptors (Lipinski definition) is 4. The van der Waals surface area contributed by atoms with E-state index in [-0.39, 0.29) is 6.42 Å². The van der Waals surface area contributed by atoms with Gasteiger partial charge >= 0.3 is 16.1 Å². The van der Waals surface area contributed by atoms with Gasteiger partial charge in [-0.3, -0.25) is 4.79 Å². The van der Waals surface area contributed by atoms with Crippen LogP contribution in [0.2, 0.25) is 5.02 Å². The molecule has 2 aromatic carbocycles. The highest BCUT2D eigenvalue weighted by Gasteiger charge is 2.14. The second-order valence-corrected chi connectivity index (χ2v) is 6.77. The molecular formula is C16H15ClO4S. The zero-order chi connectivity index (χ0) is 16.2. The van der Waals surface area contributed by atoms with Gasteiger partial charge in [0.2, 0.25) is 0 Å². The SMILES string of the molecule is CS(=O)(=O)OC(=O)CCc1c(Cl)cccc1-c1ccccc1. The number of hydrogen-bond donors (Lipinski definition) is 0. The van der Waals surface area contributed by atoms with Crippen LogP contribution >= 0.6 is 11.6 Å². The highest BCUT2D eigenvalue weighted by Crippen LogP contribution is 2.30. The third-order valence-electron chi connectivity index (χ3n) is 3.03. The van der Waals surface area contributed by atoms with Crippen molar-refractivity contribution in [2.24, 2.45) is 0 Å². The van der Waals surface area contributed by atoms with Gasteiger partial charge in [-0.2, -0.15) is 8.42 Å². The van der Waals surface area contributed by atoms with Gasteiger partial charge < -0.3 is 4.18 Å². The standard InChI is InChI=1S/C16H15ClO4S/c1-22(19,20)21-16(18)11-10-14-13(8-5-9-15(14)17)12-6-3-2-4-7-12/h2-9H,10-11H2,1H3. The van der Waals surface area contributed by atoms with Crippen LogP contribution in [0.15, 0.2) is 48.5 Å². The normalized spacial score (nSPS) is 11.2. The molecule has 0 aliphatic carbocycles. The Morgan fingerprint density at radius 3 is 2.41 bits per heavy atom. The quantitative estimate of drug-likeness (QED) is 0.783. The molecule has 0 N–H and O–H groups in total. The summed E-state index contributed by atoms with van der Waals surface area (Å²) in [5, 5.41) is 0.536. The van der Waals surface area contributed by atoms with Gasteiger partial charge in [-0.1, -0.05) is 54.1 Å². The first-order valence-electron chi connectivity index (χ1n) is 6.62. The molecule has 2 aromatic rings. The summed E-state index contributed by atoms with van der Waals surface area (Å²) in [6.07, 6.45) is 1.09. The summed E-state index contributed by atoms with van der Waals surface area (Å²) in [6, 6.07) is 15.1. The van der Waals surface area contributed by atoms with Crippen molar-refractivity contribution >= 4 is 27.7 Å². The van der Waals surface area contributed by atoms with Crippen LogP contribution < -0.4 is 0 Å². The molecule has 0 heterocycles. The van der Waals surface area contributed by atoms with Crippen LogP contribution in [0.25, 0.3) is 11.1 Å². The predicted octanol–water partition coefficient (Wildman–Crippen LogP) is 3.44. The van der Waals surface area contributed by atoms with E-state index in [1.54, 1.807) is 6.07 Å². The van der Waals surface area contributed by atoms with Gasteiger partial charge in [-0.25, -0.2) is 0 Å². The first kappa shape index (κ1) is 16.5. The second-order valence-electron chi connectivity index (χ2n) is 4.79. The van der Waals surface area contributed by atoms with Crippen LogP contribution in [0.1, 0.15) is 12.0 Å². The molecule has 0 aliphatic rings. The molecule has 0 amide bonds. The van der Waals surface area contributed by atoms with Crippen LogP contribution in [0.5, 0.6) is 0 Å². The summed E-state index contributed by atoms with van der Waals surface area (Å²) in [5.41, 5.74) is 2.69. The first-order valence-corrected chi connectivity index (χ1v) is 8.81. The minimum atomic E-state index is -3.78. The van der Waals surface area contributed by atoms with Crippen LogP contribution in [0, 0.1) is 0 Å². The van der Waals surface area contributed by atoms with Crippen LogP contribution in [0.4, 0.5) is 0 Å². The molecule has 0 saturated heterocycles. The largest absolute Gasteiger partial charge is 0.346 e. The Hall–Kier alpha value is -1.85. The Morgan fingerprint density at radius 1 is 1.09 bits per heavy atom. The van der Waals surface area contributed by atoms with Gasteiger partial charge in [0.1, 0.15) is 0 Å². The van der Waals surface area contributed by atoms with E-state index >= 15 is 0 Å². The molecule has 2 rings (SSSR count). The number of benzene rings is 2. The van der Waals surface area contributed by atoms with Crippen molar-refractivity contribution in [3.63, 3.8) is 0 Å². The summed E-state index contributed by atoms with van der Waals surface area (Å²) >= 11 is 6.23. The molecule has 0 saturated carbocycles. The summed E-state index contributed by atoms with van der Waals surface area (Å²) in [4.78, 5) is 11.5. The van der Waals surface area contributed by atoms with Crippen molar-refractivity contribution < 1.29 is 17.4 Å². The average molecular weight is 339 g/mol. The van der Waals surface area contributed by atoms with Gasteiger partial charge in [0, 0.05) is 5.02 Å². The third-order valence-corrected chi connectivity index (χ3v) is 3.87. The molecule has 0 aromatic heterocycles. The van der Waals surface area contributed by atoms with Crippen molar-refractivity contribution in [3.8, 4) is 11.1 Å². The van der Waals surface area contributed by atoms with Crippen molar-refractivity contribution in [1.82, 2.24) is 0 Å². The monoisotopic (exact) mass is 338 g/mol. The van der Waals surface area contributed by atoms with E-state index in [0.717, 1.165) is 22.9 Å². The van der Waals surface area contributed by atoms with Gasteiger partial charge in [-0.15, -0.1) is 0 Å². The molecule has 4 nitrogen and oxygen atoms in total. The van der Waals surface area contributed by atoms with Crippen molar-refractivity contribution in [2.45, 2.75) is 12.8 Å². The number of carbonyl (C=O) groups is 1. The van der Waals surface area contributed by atoms with Crippen molar-refractivity contribution in [1.29, 1.82) is 0 Å². The van der Waals surface area contributed by atoms with Crippen LogP contribution in [-0.4, -0.2) is 20.6 Å². The molecule has 0 atom stereocenters. The Kier molecular flexibility index (Phi) is 5.21. The zero-order valence-corrected chi connectivity index (χ0v) is 13.5. The number of rotatable bonds is 5. The zero-order valence-electron chi connectivity index (χ0n) is 12.0. The van der Waals surface area contributed by atoms with E-state index in [4.69, 9.17) is 11.6 Å². The maximum absolute atomic E-state index is 11.5.